The number of halogens is 2. The highest BCUT2D eigenvalue weighted by Gasteiger charge is 2.68. The first-order valence-corrected chi connectivity index (χ1v) is 16.5. The van der Waals surface area contributed by atoms with Crippen LogP contribution in [0, 0.1) is 39.2 Å². The van der Waals surface area contributed by atoms with Crippen LogP contribution in [-0.2, 0) is 19.2 Å². The average molecular weight is 765 g/mol. The zero-order valence-corrected chi connectivity index (χ0v) is 28.2. The van der Waals surface area contributed by atoms with E-state index < -0.39 is 63.6 Å². The van der Waals surface area contributed by atoms with Crippen molar-refractivity contribution >= 4 is 72.6 Å². The highest BCUT2D eigenvalue weighted by atomic mass is 79.9. The van der Waals surface area contributed by atoms with Gasteiger partial charge >= 0.3 is 0 Å². The van der Waals surface area contributed by atoms with E-state index in [0.29, 0.717) is 20.2 Å². The standard InChI is InChI=1S/C34H27Br2N3O8/c1-34-23(31(42)38(33(34)44)16-7-4-3-5-8-16)14-21-19(26(34)22-15-24(47-2)29(40)28(36)27(22)35)11-12-20-25(21)32(43)37(30(20)41)17-9-6-10-18(13-17)39(45)46/h3-11,13,15,20-21,23,25-26,40H,12,14H2,1-2H3/t20-,21+,23-,25-,26+,34+/m0/s1. The molecule has 1 saturated carbocycles. The molecule has 2 heterocycles. The number of amides is 4. The fourth-order valence-electron chi connectivity index (χ4n) is 8.16. The number of ether oxygens (including phenoxy) is 1. The van der Waals surface area contributed by atoms with Crippen LogP contribution >= 0.6 is 31.9 Å². The molecule has 7 rings (SSSR count). The molecule has 4 aliphatic rings. The summed E-state index contributed by atoms with van der Waals surface area (Å²) in [5.74, 6) is -5.59. The highest BCUT2D eigenvalue weighted by molar-refractivity contribution is 9.13. The second-order valence-electron chi connectivity index (χ2n) is 12.4. The van der Waals surface area contributed by atoms with Crippen molar-refractivity contribution in [2.75, 3.05) is 16.9 Å². The van der Waals surface area contributed by atoms with E-state index in [1.807, 2.05) is 6.08 Å². The Kier molecular flexibility index (Phi) is 7.39. The molecule has 3 aromatic rings. The van der Waals surface area contributed by atoms with E-state index in [1.54, 1.807) is 43.3 Å². The van der Waals surface area contributed by atoms with E-state index >= 15 is 0 Å². The van der Waals surface area contributed by atoms with E-state index in [4.69, 9.17) is 4.74 Å². The fourth-order valence-corrected chi connectivity index (χ4v) is 9.12. The molecule has 2 saturated heterocycles. The van der Waals surface area contributed by atoms with Crippen molar-refractivity contribution in [3.8, 4) is 11.5 Å². The van der Waals surface area contributed by atoms with Gasteiger partial charge in [-0.1, -0.05) is 35.9 Å². The lowest BCUT2D eigenvalue weighted by molar-refractivity contribution is -0.384. The molecule has 4 amide bonds. The third-order valence-electron chi connectivity index (χ3n) is 10.3. The molecule has 1 N–H and O–H groups in total. The number of phenols is 1. The van der Waals surface area contributed by atoms with Gasteiger partial charge in [0.05, 0.1) is 51.0 Å². The molecule has 0 aromatic heterocycles. The van der Waals surface area contributed by atoms with Crippen molar-refractivity contribution in [3.05, 3.63) is 96.9 Å². The largest absolute Gasteiger partial charge is 0.503 e. The zero-order chi connectivity index (χ0) is 33.5. The molecular weight excluding hydrogens is 738 g/mol. The van der Waals surface area contributed by atoms with Crippen molar-refractivity contribution in [2.45, 2.75) is 25.7 Å². The molecule has 0 bridgehead atoms. The fraction of sp³-hybridized carbons (Fsp3) is 0.294. The van der Waals surface area contributed by atoms with Crippen molar-refractivity contribution in [2.24, 2.45) is 29.1 Å². The van der Waals surface area contributed by atoms with Gasteiger partial charge in [0.15, 0.2) is 11.5 Å². The molecule has 3 aromatic carbocycles. The number of non-ortho nitro benzene ring substituents is 1. The van der Waals surface area contributed by atoms with E-state index in [2.05, 4.69) is 31.9 Å². The summed E-state index contributed by atoms with van der Waals surface area (Å²) in [5, 5.41) is 22.3. The Hall–Kier alpha value is -4.36. The third-order valence-corrected chi connectivity index (χ3v) is 12.5. The van der Waals surface area contributed by atoms with Gasteiger partial charge in [0.25, 0.3) is 5.69 Å². The molecule has 47 heavy (non-hydrogen) atoms. The van der Waals surface area contributed by atoms with Gasteiger partial charge in [-0.05, 0) is 87.4 Å². The van der Waals surface area contributed by atoms with Crippen molar-refractivity contribution in [1.82, 2.24) is 0 Å². The highest BCUT2D eigenvalue weighted by Crippen LogP contribution is 2.65. The van der Waals surface area contributed by atoms with Crippen LogP contribution in [0.5, 0.6) is 11.5 Å². The van der Waals surface area contributed by atoms with Gasteiger partial charge < -0.3 is 9.84 Å². The first-order chi connectivity index (χ1) is 22.4. The number of carbonyl (C=O) groups excluding carboxylic acids is 4. The van der Waals surface area contributed by atoms with Crippen LogP contribution in [0.4, 0.5) is 17.1 Å². The number of carbonyl (C=O) groups is 4. The van der Waals surface area contributed by atoms with Crippen LogP contribution in [0.1, 0.15) is 31.2 Å². The number of benzene rings is 3. The molecule has 0 radical (unpaired) electrons. The number of fused-ring (bicyclic) bond motifs is 4. The van der Waals surface area contributed by atoms with Gasteiger partial charge in [0, 0.05) is 22.5 Å². The molecule has 0 unspecified atom stereocenters. The van der Waals surface area contributed by atoms with Gasteiger partial charge in [-0.3, -0.25) is 29.3 Å². The normalized spacial score (nSPS) is 28.2. The number of nitrogens with zero attached hydrogens (tertiary/aromatic N) is 3. The Morgan fingerprint density at radius 2 is 1.62 bits per heavy atom. The third kappa shape index (κ3) is 4.35. The van der Waals surface area contributed by atoms with E-state index in [-0.39, 0.29) is 35.7 Å². The van der Waals surface area contributed by atoms with E-state index in [9.17, 15) is 34.4 Å². The lowest BCUT2D eigenvalue weighted by atomic mass is 9.51. The SMILES string of the molecule is COc1cc([C@H]2C3=CC[C@@H]4C(=O)N(c5cccc([N+](=O)[O-])c5)C(=O)[C@@H]4[C@@H]3C[C@H]3C(=O)N(c4ccccc4)C(=O)[C@@]23C)c(Br)c(Br)c1O. The Bertz CT molecular complexity index is 1950. The smallest absolute Gasteiger partial charge is 0.271 e. The van der Waals surface area contributed by atoms with Crippen LogP contribution in [0.3, 0.4) is 0 Å². The minimum Gasteiger partial charge on any atom is -0.503 e. The molecular formula is C34H27Br2N3O8. The summed E-state index contributed by atoms with van der Waals surface area (Å²) in [7, 11) is 1.41. The number of anilines is 2. The maximum atomic E-state index is 14.6. The van der Waals surface area contributed by atoms with E-state index in [1.165, 1.54) is 36.3 Å². The lowest BCUT2D eigenvalue weighted by Crippen LogP contribution is -2.49. The van der Waals surface area contributed by atoms with E-state index in [0.717, 1.165) is 10.5 Å². The number of imide groups is 2. The Labute approximate surface area is 285 Å². The monoisotopic (exact) mass is 763 g/mol. The maximum Gasteiger partial charge on any atom is 0.271 e. The summed E-state index contributed by atoms with van der Waals surface area (Å²) in [6, 6.07) is 15.7. The number of hydrogen-bond acceptors (Lipinski definition) is 8. The predicted molar refractivity (Wildman–Crippen MR) is 177 cm³/mol. The van der Waals surface area contributed by atoms with Gasteiger partial charge in [-0.15, -0.1) is 0 Å². The minimum atomic E-state index is -1.31. The van der Waals surface area contributed by atoms with Gasteiger partial charge in [0.1, 0.15) is 0 Å². The predicted octanol–water partition coefficient (Wildman–Crippen LogP) is 6.27. The van der Waals surface area contributed by atoms with Crippen LogP contribution < -0.4 is 14.5 Å². The Balaban J connectivity index is 1.40. The molecule has 3 fully saturated rings. The van der Waals surface area contributed by atoms with Crippen LogP contribution in [-0.4, -0.2) is 40.8 Å². The second-order valence-corrected chi connectivity index (χ2v) is 14.0. The summed E-state index contributed by atoms with van der Waals surface area (Å²) in [4.78, 5) is 70.2. The molecule has 240 valence electrons. The Morgan fingerprint density at radius 1 is 0.915 bits per heavy atom. The molecule has 2 aliphatic heterocycles. The summed E-state index contributed by atoms with van der Waals surface area (Å²) < 4.78 is 6.23. The van der Waals surface area contributed by atoms with Gasteiger partial charge in [-0.25, -0.2) is 9.80 Å². The molecule has 0 spiro atoms. The van der Waals surface area contributed by atoms with Crippen molar-refractivity contribution < 1.29 is 33.9 Å². The summed E-state index contributed by atoms with van der Waals surface area (Å²) in [6.07, 6.45) is 2.24. The van der Waals surface area contributed by atoms with Gasteiger partial charge in [0.2, 0.25) is 23.6 Å². The number of methoxy groups -OCH3 is 1. The van der Waals surface area contributed by atoms with Crippen LogP contribution in [0.15, 0.2) is 81.3 Å². The molecule has 2 aliphatic carbocycles. The number of nitro benzene ring substituents is 1. The van der Waals surface area contributed by atoms with Crippen molar-refractivity contribution in [3.63, 3.8) is 0 Å². The second kappa shape index (κ2) is 11.1. The Morgan fingerprint density at radius 3 is 2.30 bits per heavy atom. The number of phenolic OH excluding ortho intramolecular Hbond substituents is 1. The first kappa shape index (κ1) is 31.3. The number of aromatic hydroxyl groups is 1. The first-order valence-electron chi connectivity index (χ1n) is 14.9. The number of allylic oxidation sites excluding steroid dienone is 2. The maximum absolute atomic E-state index is 14.6. The van der Waals surface area contributed by atoms with Gasteiger partial charge in [-0.2, -0.15) is 0 Å². The van der Waals surface area contributed by atoms with Crippen LogP contribution in [0.25, 0.3) is 0 Å². The minimum absolute atomic E-state index is 0.111. The number of para-hydroxylation sites is 1. The quantitative estimate of drug-likeness (QED) is 0.139. The van der Waals surface area contributed by atoms with Crippen molar-refractivity contribution in [1.29, 1.82) is 0 Å². The van der Waals surface area contributed by atoms with Crippen LogP contribution in [0.2, 0.25) is 0 Å². The number of hydrogen-bond donors (Lipinski definition) is 1. The number of nitro groups is 1. The average Bonchev–Trinajstić information content (AvgIpc) is 3.44. The molecule has 11 nitrogen and oxygen atoms in total. The lowest BCUT2D eigenvalue weighted by Gasteiger charge is -2.49. The summed E-state index contributed by atoms with van der Waals surface area (Å²) in [5.41, 5.74) is 0.286. The number of rotatable bonds is 5. The molecule has 13 heteroatoms. The topological polar surface area (TPSA) is 147 Å². The zero-order valence-electron chi connectivity index (χ0n) is 25.1. The summed E-state index contributed by atoms with van der Waals surface area (Å²) >= 11 is 7.06. The molecule has 6 atom stereocenters. The summed E-state index contributed by atoms with van der Waals surface area (Å²) in [6.45, 7) is 1.77.